The molecule has 0 bridgehead atoms. The Bertz CT molecular complexity index is 1600. The van der Waals surface area contributed by atoms with Crippen LogP contribution in [0.3, 0.4) is 0 Å². The highest BCUT2D eigenvalue weighted by molar-refractivity contribution is 7.92. The van der Waals surface area contributed by atoms with E-state index in [1.165, 1.54) is 4.31 Å². The van der Waals surface area contributed by atoms with Gasteiger partial charge in [0.25, 0.3) is 5.91 Å². The number of hydrogen-bond donors (Lipinski definition) is 1. The van der Waals surface area contributed by atoms with Crippen molar-refractivity contribution in [2.75, 3.05) is 10.6 Å². The van der Waals surface area contributed by atoms with Gasteiger partial charge in [-0.3, -0.25) is 9.10 Å². The number of anilines is 1. The van der Waals surface area contributed by atoms with Crippen LogP contribution >= 0.6 is 23.2 Å². The van der Waals surface area contributed by atoms with Crippen LogP contribution in [0.25, 0.3) is 5.69 Å². The summed E-state index contributed by atoms with van der Waals surface area (Å²) in [5, 5.41) is 5.25. The number of rotatable bonds is 8. The first-order chi connectivity index (χ1) is 18.0. The molecule has 0 unspecified atom stereocenters. The van der Waals surface area contributed by atoms with Gasteiger partial charge in [-0.15, -0.1) is 0 Å². The Morgan fingerprint density at radius 2 is 1.68 bits per heavy atom. The van der Waals surface area contributed by atoms with Gasteiger partial charge >= 0.3 is 0 Å². The van der Waals surface area contributed by atoms with Crippen LogP contribution in [-0.2, 0) is 16.6 Å². The molecule has 4 aromatic rings. The number of carbonyl (C=O) groups is 1. The van der Waals surface area contributed by atoms with Crippen molar-refractivity contribution in [2.24, 2.45) is 5.10 Å². The van der Waals surface area contributed by atoms with E-state index in [4.69, 9.17) is 23.2 Å². The summed E-state index contributed by atoms with van der Waals surface area (Å²) in [6.45, 7) is 4.06. The summed E-state index contributed by atoms with van der Waals surface area (Å²) in [5.74, 6) is -0.423. The van der Waals surface area contributed by atoms with Gasteiger partial charge in [-0.2, -0.15) is 5.10 Å². The third-order valence-electron chi connectivity index (χ3n) is 5.98. The Kier molecular flexibility index (Phi) is 8.26. The summed E-state index contributed by atoms with van der Waals surface area (Å²) >= 11 is 12.5. The predicted octanol–water partition coefficient (Wildman–Crippen LogP) is 6.13. The summed E-state index contributed by atoms with van der Waals surface area (Å²) in [6, 6.07) is 22.8. The van der Waals surface area contributed by atoms with E-state index in [-0.39, 0.29) is 6.54 Å². The van der Waals surface area contributed by atoms with Gasteiger partial charge in [-0.25, -0.2) is 13.8 Å². The second kappa shape index (κ2) is 11.4. The van der Waals surface area contributed by atoms with Crippen LogP contribution in [0.15, 0.2) is 84.0 Å². The molecule has 0 aliphatic carbocycles. The molecule has 196 valence electrons. The van der Waals surface area contributed by atoms with E-state index < -0.39 is 15.9 Å². The van der Waals surface area contributed by atoms with Crippen LogP contribution in [0.5, 0.6) is 0 Å². The van der Waals surface area contributed by atoms with Gasteiger partial charge in [-0.1, -0.05) is 53.5 Å². The minimum Gasteiger partial charge on any atom is -0.316 e. The number of hydrogen-bond acceptors (Lipinski definition) is 4. The number of benzene rings is 3. The van der Waals surface area contributed by atoms with Gasteiger partial charge < -0.3 is 4.57 Å². The third kappa shape index (κ3) is 6.27. The number of halogens is 2. The number of aromatic nitrogens is 1. The summed E-state index contributed by atoms with van der Waals surface area (Å²) in [6.07, 6.45) is 2.72. The molecule has 1 amide bonds. The number of hydrazone groups is 1. The standard InChI is InChI=1S/C28H26Cl2N4O3S/c1-19-15-23(20(2)34(19)27-16-24(29)11-14-26(27)30)17-31-32-28(35)22-9-12-25(13-10-22)33(38(3,36)37)18-21-7-5-4-6-8-21/h4-17H,18H2,1-3H3,(H,32,35)/b31-17+. The van der Waals surface area contributed by atoms with Gasteiger partial charge in [0.15, 0.2) is 0 Å². The zero-order valence-corrected chi connectivity index (χ0v) is 23.3. The van der Waals surface area contributed by atoms with Crippen molar-refractivity contribution in [3.05, 3.63) is 117 Å². The molecule has 0 radical (unpaired) electrons. The monoisotopic (exact) mass is 568 g/mol. The van der Waals surface area contributed by atoms with E-state index >= 15 is 0 Å². The van der Waals surface area contributed by atoms with Crippen molar-refractivity contribution < 1.29 is 13.2 Å². The fourth-order valence-corrected chi connectivity index (χ4v) is 5.36. The van der Waals surface area contributed by atoms with E-state index in [9.17, 15) is 13.2 Å². The minimum atomic E-state index is -3.53. The van der Waals surface area contributed by atoms with Gasteiger partial charge in [0.1, 0.15) is 0 Å². The predicted molar refractivity (Wildman–Crippen MR) is 154 cm³/mol. The van der Waals surface area contributed by atoms with E-state index in [1.54, 1.807) is 48.7 Å². The lowest BCUT2D eigenvalue weighted by Gasteiger charge is -2.22. The van der Waals surface area contributed by atoms with Crippen molar-refractivity contribution >= 4 is 51.0 Å². The van der Waals surface area contributed by atoms with E-state index in [2.05, 4.69) is 10.5 Å². The Hall–Kier alpha value is -3.59. The Morgan fingerprint density at radius 1 is 1.00 bits per heavy atom. The maximum Gasteiger partial charge on any atom is 0.271 e. The Labute approximate surface area is 232 Å². The summed E-state index contributed by atoms with van der Waals surface area (Å²) in [5.41, 5.74) is 7.56. The number of sulfonamides is 1. The molecule has 0 atom stereocenters. The molecule has 7 nitrogen and oxygen atoms in total. The highest BCUT2D eigenvalue weighted by atomic mass is 35.5. The highest BCUT2D eigenvalue weighted by Crippen LogP contribution is 2.28. The van der Waals surface area contributed by atoms with Gasteiger partial charge in [0, 0.05) is 27.5 Å². The molecule has 10 heteroatoms. The molecule has 0 fully saturated rings. The number of amides is 1. The minimum absolute atomic E-state index is 0.189. The van der Waals surface area contributed by atoms with Crippen molar-refractivity contribution in [3.8, 4) is 5.69 Å². The molecule has 38 heavy (non-hydrogen) atoms. The number of aryl methyl sites for hydroxylation is 1. The van der Waals surface area contributed by atoms with E-state index in [0.29, 0.717) is 21.3 Å². The first-order valence-corrected chi connectivity index (χ1v) is 14.2. The fraction of sp³-hybridized carbons (Fsp3) is 0.143. The summed E-state index contributed by atoms with van der Waals surface area (Å²) in [4.78, 5) is 12.7. The second-order valence-corrected chi connectivity index (χ2v) is 11.5. The molecule has 3 aromatic carbocycles. The van der Waals surface area contributed by atoms with Crippen LogP contribution in [0.1, 0.15) is 32.9 Å². The SMILES string of the molecule is Cc1cc(/C=N/NC(=O)c2ccc(N(Cc3ccccc3)S(C)(=O)=O)cc2)c(C)n1-c1cc(Cl)ccc1Cl. The van der Waals surface area contributed by atoms with Gasteiger partial charge in [-0.05, 0) is 67.9 Å². The molecule has 1 heterocycles. The maximum atomic E-state index is 12.7. The average Bonchev–Trinajstić information content (AvgIpc) is 3.16. The lowest BCUT2D eigenvalue weighted by molar-refractivity contribution is 0.0955. The quantitative estimate of drug-likeness (QED) is 0.205. The summed E-state index contributed by atoms with van der Waals surface area (Å²) in [7, 11) is -3.53. The van der Waals surface area contributed by atoms with Crippen LogP contribution in [0.4, 0.5) is 5.69 Å². The van der Waals surface area contributed by atoms with Gasteiger partial charge in [0.05, 0.1) is 35.4 Å². The van der Waals surface area contributed by atoms with Crippen molar-refractivity contribution in [1.82, 2.24) is 9.99 Å². The van der Waals surface area contributed by atoms with Crippen molar-refractivity contribution in [1.29, 1.82) is 0 Å². The molecule has 0 aliphatic heterocycles. The molecular formula is C28H26Cl2N4O3S. The smallest absolute Gasteiger partial charge is 0.271 e. The molecular weight excluding hydrogens is 543 g/mol. The van der Waals surface area contributed by atoms with Crippen LogP contribution in [0, 0.1) is 13.8 Å². The fourth-order valence-electron chi connectivity index (χ4n) is 4.10. The molecule has 0 saturated carbocycles. The molecule has 1 aromatic heterocycles. The molecule has 1 N–H and O–H groups in total. The zero-order chi connectivity index (χ0) is 27.4. The van der Waals surface area contributed by atoms with Crippen LogP contribution in [-0.4, -0.2) is 31.4 Å². The number of carbonyl (C=O) groups excluding carboxylic acids is 1. The molecule has 0 saturated heterocycles. The Morgan fingerprint density at radius 3 is 2.34 bits per heavy atom. The first kappa shape index (κ1) is 27.4. The highest BCUT2D eigenvalue weighted by Gasteiger charge is 2.18. The van der Waals surface area contributed by atoms with Crippen molar-refractivity contribution in [3.63, 3.8) is 0 Å². The zero-order valence-electron chi connectivity index (χ0n) is 21.0. The Balaban J connectivity index is 1.48. The number of nitrogens with one attached hydrogen (secondary N) is 1. The molecule has 4 rings (SSSR count). The average molecular weight is 570 g/mol. The normalized spacial score (nSPS) is 11.6. The van der Waals surface area contributed by atoms with E-state index in [0.717, 1.165) is 34.5 Å². The van der Waals surface area contributed by atoms with Crippen LogP contribution < -0.4 is 9.73 Å². The molecule has 0 aliphatic rings. The topological polar surface area (TPSA) is 83.8 Å². The second-order valence-electron chi connectivity index (χ2n) is 8.76. The lowest BCUT2D eigenvalue weighted by atomic mass is 10.2. The third-order valence-corrected chi connectivity index (χ3v) is 7.67. The lowest BCUT2D eigenvalue weighted by Crippen LogP contribution is -2.29. The first-order valence-electron chi connectivity index (χ1n) is 11.6. The maximum absolute atomic E-state index is 12.7. The van der Waals surface area contributed by atoms with Crippen molar-refractivity contribution in [2.45, 2.75) is 20.4 Å². The van der Waals surface area contributed by atoms with Gasteiger partial charge in [0.2, 0.25) is 10.0 Å². The summed E-state index contributed by atoms with van der Waals surface area (Å²) < 4.78 is 28.1. The largest absolute Gasteiger partial charge is 0.316 e. The van der Waals surface area contributed by atoms with Crippen LogP contribution in [0.2, 0.25) is 10.0 Å². The molecule has 0 spiro atoms. The number of nitrogens with zero attached hydrogens (tertiary/aromatic N) is 3. The van der Waals surface area contributed by atoms with E-state index in [1.807, 2.05) is 54.8 Å².